The van der Waals surface area contributed by atoms with Crippen molar-refractivity contribution >= 4 is 78.8 Å². The predicted octanol–water partition coefficient (Wildman–Crippen LogP) is 7.09. The van der Waals surface area contributed by atoms with Gasteiger partial charge in [-0.15, -0.1) is 0 Å². The van der Waals surface area contributed by atoms with E-state index in [1.165, 1.54) is 5.56 Å². The third kappa shape index (κ3) is 6.79. The molecule has 1 amide bonds. The van der Waals surface area contributed by atoms with Crippen molar-refractivity contribution in [2.45, 2.75) is 13.5 Å². The number of carbonyl (C=O) groups excluding carboxylic acids is 1. The fourth-order valence-corrected chi connectivity index (χ4v) is 5.25. The van der Waals surface area contributed by atoms with E-state index in [1.807, 2.05) is 30.3 Å². The van der Waals surface area contributed by atoms with Gasteiger partial charge in [-0.2, -0.15) is 5.26 Å². The van der Waals surface area contributed by atoms with Crippen LogP contribution in [0.15, 0.2) is 70.7 Å². The number of halogens is 3. The third-order valence-electron chi connectivity index (χ3n) is 4.28. The Morgan fingerprint density at radius 3 is 2.42 bits per heavy atom. The average Bonchev–Trinajstić information content (AvgIpc) is 2.72. The van der Waals surface area contributed by atoms with Crippen LogP contribution >= 0.6 is 61.1 Å². The summed E-state index contributed by atoms with van der Waals surface area (Å²) in [5, 5.41) is 12.2. The Hall–Kier alpha value is -1.90. The number of nitriles is 1. The number of rotatable bonds is 6. The minimum absolute atomic E-state index is 0.0277. The molecule has 0 saturated carbocycles. The van der Waals surface area contributed by atoms with E-state index in [-0.39, 0.29) is 5.57 Å². The van der Waals surface area contributed by atoms with Crippen molar-refractivity contribution in [3.8, 4) is 11.8 Å². The predicted molar refractivity (Wildman–Crippen MR) is 144 cm³/mol. The summed E-state index contributed by atoms with van der Waals surface area (Å²) < 4.78 is 8.70. The molecule has 0 aliphatic heterocycles. The summed E-state index contributed by atoms with van der Waals surface area (Å²) in [7, 11) is 0. The molecular formula is C24H17BrI2N2O2. The van der Waals surface area contributed by atoms with E-state index in [2.05, 4.69) is 97.6 Å². The van der Waals surface area contributed by atoms with Gasteiger partial charge >= 0.3 is 0 Å². The van der Waals surface area contributed by atoms with E-state index in [0.717, 1.165) is 28.5 Å². The Morgan fingerprint density at radius 2 is 1.81 bits per heavy atom. The zero-order valence-electron chi connectivity index (χ0n) is 16.5. The average molecular weight is 699 g/mol. The fraction of sp³-hybridized carbons (Fsp3) is 0.0833. The summed E-state index contributed by atoms with van der Waals surface area (Å²) in [6.07, 6.45) is 1.58. The van der Waals surface area contributed by atoms with Crippen LogP contribution in [-0.4, -0.2) is 5.91 Å². The molecule has 0 aromatic heterocycles. The van der Waals surface area contributed by atoms with Gasteiger partial charge in [0.05, 0.1) is 7.14 Å². The molecule has 0 unspecified atom stereocenters. The number of anilines is 1. The molecule has 0 radical (unpaired) electrons. The SMILES string of the molecule is Cc1ccc(COc2c(I)cc(/C=C(/C#N)C(=O)Nc3cccc(Br)c3)cc2I)cc1. The van der Waals surface area contributed by atoms with Gasteiger partial charge in [0.2, 0.25) is 0 Å². The smallest absolute Gasteiger partial charge is 0.266 e. The molecule has 0 atom stereocenters. The van der Waals surface area contributed by atoms with Crippen LogP contribution in [-0.2, 0) is 11.4 Å². The fourth-order valence-electron chi connectivity index (χ4n) is 2.72. The molecule has 0 aliphatic rings. The van der Waals surface area contributed by atoms with Crippen LogP contribution in [0, 0.1) is 25.4 Å². The number of hydrogen-bond donors (Lipinski definition) is 1. The van der Waals surface area contributed by atoms with Crippen molar-refractivity contribution in [2.24, 2.45) is 0 Å². The third-order valence-corrected chi connectivity index (χ3v) is 6.38. The van der Waals surface area contributed by atoms with Gasteiger partial charge in [0.25, 0.3) is 5.91 Å². The zero-order valence-corrected chi connectivity index (χ0v) is 22.4. The number of amides is 1. The minimum Gasteiger partial charge on any atom is -0.487 e. The van der Waals surface area contributed by atoms with Crippen LogP contribution in [0.5, 0.6) is 5.75 Å². The molecule has 3 rings (SSSR count). The molecule has 0 bridgehead atoms. The van der Waals surface area contributed by atoms with Gasteiger partial charge in [-0.05, 0) is 99.6 Å². The Balaban J connectivity index is 1.76. The Kier molecular flexibility index (Phi) is 8.51. The van der Waals surface area contributed by atoms with E-state index < -0.39 is 5.91 Å². The lowest BCUT2D eigenvalue weighted by Gasteiger charge is -2.12. The molecule has 3 aromatic carbocycles. The molecular weight excluding hydrogens is 682 g/mol. The van der Waals surface area contributed by atoms with Gasteiger partial charge in [0.15, 0.2) is 0 Å². The minimum atomic E-state index is -0.453. The quantitative estimate of drug-likeness (QED) is 0.170. The molecule has 156 valence electrons. The van der Waals surface area contributed by atoms with Crippen molar-refractivity contribution < 1.29 is 9.53 Å². The number of carbonyl (C=O) groups is 1. The van der Waals surface area contributed by atoms with Crippen molar-refractivity contribution in [1.29, 1.82) is 5.26 Å². The van der Waals surface area contributed by atoms with Gasteiger partial charge in [0, 0.05) is 10.2 Å². The van der Waals surface area contributed by atoms with Crippen LogP contribution < -0.4 is 10.1 Å². The number of hydrogen-bond acceptors (Lipinski definition) is 3. The molecule has 31 heavy (non-hydrogen) atoms. The monoisotopic (exact) mass is 698 g/mol. The molecule has 0 saturated heterocycles. The number of aryl methyl sites for hydroxylation is 1. The molecule has 0 aliphatic carbocycles. The molecule has 7 heteroatoms. The second kappa shape index (κ2) is 11.1. The van der Waals surface area contributed by atoms with Gasteiger partial charge in [-0.1, -0.05) is 51.8 Å². The van der Waals surface area contributed by atoms with E-state index in [4.69, 9.17) is 4.74 Å². The summed E-state index contributed by atoms with van der Waals surface area (Å²) >= 11 is 7.79. The van der Waals surface area contributed by atoms with Crippen LogP contribution in [0.2, 0.25) is 0 Å². The van der Waals surface area contributed by atoms with Gasteiger partial charge in [-0.25, -0.2) is 0 Å². The number of nitrogens with one attached hydrogen (secondary N) is 1. The highest BCUT2D eigenvalue weighted by Crippen LogP contribution is 2.30. The Morgan fingerprint density at radius 1 is 1.13 bits per heavy atom. The maximum absolute atomic E-state index is 12.5. The van der Waals surface area contributed by atoms with E-state index >= 15 is 0 Å². The van der Waals surface area contributed by atoms with E-state index in [1.54, 1.807) is 18.2 Å². The molecule has 4 nitrogen and oxygen atoms in total. The molecule has 0 heterocycles. The first-order valence-electron chi connectivity index (χ1n) is 9.22. The van der Waals surface area contributed by atoms with Crippen LogP contribution in [0.4, 0.5) is 5.69 Å². The lowest BCUT2D eigenvalue weighted by molar-refractivity contribution is -0.112. The molecule has 0 fully saturated rings. The van der Waals surface area contributed by atoms with E-state index in [0.29, 0.717) is 12.3 Å². The standard InChI is InChI=1S/C24H17BrI2N2O2/c1-15-5-7-16(8-6-15)14-31-23-21(26)10-17(11-22(23)27)9-18(13-28)24(30)29-20-4-2-3-19(25)12-20/h2-12H,14H2,1H3,(H,29,30)/b18-9-. The number of ether oxygens (including phenoxy) is 1. The first kappa shape index (κ1) is 23.8. The second-order valence-corrected chi connectivity index (χ2v) is 9.96. The van der Waals surface area contributed by atoms with Crippen LogP contribution in [0.3, 0.4) is 0 Å². The number of benzene rings is 3. The maximum Gasteiger partial charge on any atom is 0.266 e. The molecule has 0 spiro atoms. The molecule has 1 N–H and O–H groups in total. The van der Waals surface area contributed by atoms with Gasteiger partial charge in [-0.3, -0.25) is 4.79 Å². The summed E-state index contributed by atoms with van der Waals surface area (Å²) in [4.78, 5) is 12.5. The van der Waals surface area contributed by atoms with Crippen LogP contribution in [0.25, 0.3) is 6.08 Å². The highest BCUT2D eigenvalue weighted by molar-refractivity contribution is 14.1. The van der Waals surface area contributed by atoms with Crippen molar-refractivity contribution in [3.05, 3.63) is 94.5 Å². The van der Waals surface area contributed by atoms with Crippen molar-refractivity contribution in [3.63, 3.8) is 0 Å². The highest BCUT2D eigenvalue weighted by Gasteiger charge is 2.13. The van der Waals surface area contributed by atoms with Crippen molar-refractivity contribution in [1.82, 2.24) is 0 Å². The topological polar surface area (TPSA) is 62.1 Å². The largest absolute Gasteiger partial charge is 0.487 e. The summed E-state index contributed by atoms with van der Waals surface area (Å²) in [5.41, 5.74) is 3.71. The highest BCUT2D eigenvalue weighted by atomic mass is 127. The van der Waals surface area contributed by atoms with Gasteiger partial charge < -0.3 is 10.1 Å². The summed E-state index contributed by atoms with van der Waals surface area (Å²) in [6, 6.07) is 21.2. The lowest BCUT2D eigenvalue weighted by Crippen LogP contribution is -2.13. The second-order valence-electron chi connectivity index (χ2n) is 6.72. The van der Waals surface area contributed by atoms with Crippen molar-refractivity contribution in [2.75, 3.05) is 5.32 Å². The normalized spacial score (nSPS) is 11.0. The summed E-state index contributed by atoms with van der Waals surface area (Å²) in [6.45, 7) is 2.53. The Labute approximate surface area is 217 Å². The first-order valence-corrected chi connectivity index (χ1v) is 12.2. The Bertz CT molecular complexity index is 1160. The molecule has 3 aromatic rings. The number of nitrogens with zero attached hydrogens (tertiary/aromatic N) is 1. The lowest BCUT2D eigenvalue weighted by atomic mass is 10.1. The zero-order chi connectivity index (χ0) is 22.4. The van der Waals surface area contributed by atoms with Crippen LogP contribution in [0.1, 0.15) is 16.7 Å². The van der Waals surface area contributed by atoms with E-state index in [9.17, 15) is 10.1 Å². The maximum atomic E-state index is 12.5. The van der Waals surface area contributed by atoms with Gasteiger partial charge in [0.1, 0.15) is 24.0 Å². The summed E-state index contributed by atoms with van der Waals surface area (Å²) in [5.74, 6) is 0.335. The first-order chi connectivity index (χ1) is 14.9.